The van der Waals surface area contributed by atoms with E-state index in [4.69, 9.17) is 9.84 Å². The molecule has 0 aliphatic carbocycles. The van der Waals surface area contributed by atoms with Crippen LogP contribution in [0.3, 0.4) is 0 Å². The molecular formula is C7H10N2O2. The van der Waals surface area contributed by atoms with Gasteiger partial charge in [0.15, 0.2) is 0 Å². The van der Waals surface area contributed by atoms with Crippen LogP contribution in [0.15, 0.2) is 12.4 Å². The van der Waals surface area contributed by atoms with Crippen molar-refractivity contribution in [2.24, 2.45) is 0 Å². The average molecular weight is 154 g/mol. The quantitative estimate of drug-likeness (QED) is 0.666. The van der Waals surface area contributed by atoms with Gasteiger partial charge in [-0.3, -0.25) is 0 Å². The van der Waals surface area contributed by atoms with Crippen molar-refractivity contribution < 1.29 is 9.84 Å². The zero-order valence-corrected chi connectivity index (χ0v) is 6.32. The van der Waals surface area contributed by atoms with Crippen molar-refractivity contribution in [3.8, 4) is 5.88 Å². The molecule has 0 atom stereocenters. The van der Waals surface area contributed by atoms with Gasteiger partial charge in [-0.2, -0.15) is 0 Å². The van der Waals surface area contributed by atoms with Gasteiger partial charge in [-0.05, 0) is 0 Å². The summed E-state index contributed by atoms with van der Waals surface area (Å²) in [6.07, 6.45) is 1.96. The predicted molar refractivity (Wildman–Crippen MR) is 39.4 cm³/mol. The van der Waals surface area contributed by atoms with E-state index in [1.807, 2.05) is 0 Å². The summed E-state index contributed by atoms with van der Waals surface area (Å²) >= 11 is 0. The zero-order chi connectivity index (χ0) is 8.10. The number of ether oxygens (including phenoxy) is 1. The van der Waals surface area contributed by atoms with Crippen molar-refractivity contribution in [3.63, 3.8) is 0 Å². The molecule has 1 N–H and O–H groups in total. The Morgan fingerprint density at radius 2 is 2.36 bits per heavy atom. The maximum absolute atomic E-state index is 8.58. The first-order valence-corrected chi connectivity index (χ1v) is 3.32. The van der Waals surface area contributed by atoms with Gasteiger partial charge in [0, 0.05) is 24.8 Å². The molecule has 4 nitrogen and oxygen atoms in total. The van der Waals surface area contributed by atoms with E-state index < -0.39 is 0 Å². The van der Waals surface area contributed by atoms with Crippen molar-refractivity contribution >= 4 is 0 Å². The lowest BCUT2D eigenvalue weighted by atomic mass is 10.3. The average Bonchev–Trinajstić information content (AvgIpc) is 2.06. The Labute approximate surface area is 64.9 Å². The number of nitrogens with zero attached hydrogens (tertiary/aromatic N) is 2. The third-order valence-corrected chi connectivity index (χ3v) is 1.28. The highest BCUT2D eigenvalue weighted by molar-refractivity contribution is 5.13. The van der Waals surface area contributed by atoms with E-state index in [0.29, 0.717) is 12.3 Å². The third-order valence-electron chi connectivity index (χ3n) is 1.28. The largest absolute Gasteiger partial charge is 0.481 e. The fourth-order valence-electron chi connectivity index (χ4n) is 0.740. The minimum atomic E-state index is 0.0974. The van der Waals surface area contributed by atoms with Crippen molar-refractivity contribution in [1.29, 1.82) is 0 Å². The van der Waals surface area contributed by atoms with Crippen LogP contribution in [-0.2, 0) is 6.42 Å². The van der Waals surface area contributed by atoms with Crippen LogP contribution in [0.1, 0.15) is 5.69 Å². The van der Waals surface area contributed by atoms with E-state index in [1.165, 1.54) is 6.33 Å². The minimum Gasteiger partial charge on any atom is -0.481 e. The van der Waals surface area contributed by atoms with Gasteiger partial charge < -0.3 is 9.84 Å². The number of aliphatic hydroxyl groups is 1. The summed E-state index contributed by atoms with van der Waals surface area (Å²) in [7, 11) is 1.55. The van der Waals surface area contributed by atoms with E-state index in [1.54, 1.807) is 13.2 Å². The van der Waals surface area contributed by atoms with Crippen molar-refractivity contribution in [3.05, 3.63) is 18.1 Å². The number of hydrogen-bond acceptors (Lipinski definition) is 4. The van der Waals surface area contributed by atoms with Crippen LogP contribution in [0.4, 0.5) is 0 Å². The summed E-state index contributed by atoms with van der Waals surface area (Å²) in [6, 6.07) is 1.70. The van der Waals surface area contributed by atoms with Crippen LogP contribution >= 0.6 is 0 Å². The lowest BCUT2D eigenvalue weighted by molar-refractivity contribution is 0.297. The molecule has 0 fully saturated rings. The zero-order valence-electron chi connectivity index (χ0n) is 6.32. The smallest absolute Gasteiger partial charge is 0.216 e. The molecule has 60 valence electrons. The van der Waals surface area contributed by atoms with E-state index in [-0.39, 0.29) is 6.61 Å². The molecule has 0 aliphatic rings. The Bertz CT molecular complexity index is 227. The molecule has 1 heterocycles. The van der Waals surface area contributed by atoms with Crippen molar-refractivity contribution in [2.45, 2.75) is 6.42 Å². The van der Waals surface area contributed by atoms with Crippen LogP contribution in [0.25, 0.3) is 0 Å². The Morgan fingerprint density at radius 3 is 3.00 bits per heavy atom. The summed E-state index contributed by atoms with van der Waals surface area (Å²) in [4.78, 5) is 7.75. The number of methoxy groups -OCH3 is 1. The summed E-state index contributed by atoms with van der Waals surface area (Å²) in [5.41, 5.74) is 0.791. The van der Waals surface area contributed by atoms with Gasteiger partial charge in [-0.25, -0.2) is 9.97 Å². The number of aliphatic hydroxyl groups excluding tert-OH is 1. The van der Waals surface area contributed by atoms with Crippen LogP contribution in [0.2, 0.25) is 0 Å². The highest BCUT2D eigenvalue weighted by atomic mass is 16.5. The monoisotopic (exact) mass is 154 g/mol. The molecule has 11 heavy (non-hydrogen) atoms. The van der Waals surface area contributed by atoms with Gasteiger partial charge >= 0.3 is 0 Å². The lowest BCUT2D eigenvalue weighted by Crippen LogP contribution is -1.96. The van der Waals surface area contributed by atoms with Gasteiger partial charge in [-0.15, -0.1) is 0 Å². The molecule has 1 aromatic rings. The van der Waals surface area contributed by atoms with Crippen LogP contribution < -0.4 is 4.74 Å². The molecule has 0 aromatic carbocycles. The third kappa shape index (κ3) is 2.16. The van der Waals surface area contributed by atoms with Gasteiger partial charge in [0.25, 0.3) is 0 Å². The Hall–Kier alpha value is -1.16. The Kier molecular flexibility index (Phi) is 2.80. The fraction of sp³-hybridized carbons (Fsp3) is 0.429. The number of rotatable bonds is 3. The minimum absolute atomic E-state index is 0.0974. The fourth-order valence-corrected chi connectivity index (χ4v) is 0.740. The molecule has 0 unspecified atom stereocenters. The van der Waals surface area contributed by atoms with Gasteiger partial charge in [-0.1, -0.05) is 0 Å². The Balaban J connectivity index is 2.74. The molecule has 0 aliphatic heterocycles. The van der Waals surface area contributed by atoms with E-state index in [2.05, 4.69) is 9.97 Å². The van der Waals surface area contributed by atoms with Crippen molar-refractivity contribution in [2.75, 3.05) is 13.7 Å². The molecule has 0 saturated heterocycles. The van der Waals surface area contributed by atoms with Crippen LogP contribution in [-0.4, -0.2) is 28.8 Å². The highest BCUT2D eigenvalue weighted by Crippen LogP contribution is 2.05. The van der Waals surface area contributed by atoms with E-state index in [0.717, 1.165) is 5.69 Å². The maximum atomic E-state index is 8.58. The summed E-state index contributed by atoms with van der Waals surface area (Å²) in [5.74, 6) is 0.531. The summed E-state index contributed by atoms with van der Waals surface area (Å²) in [5, 5.41) is 8.58. The molecule has 0 saturated carbocycles. The van der Waals surface area contributed by atoms with Gasteiger partial charge in [0.2, 0.25) is 5.88 Å². The molecule has 0 amide bonds. The van der Waals surface area contributed by atoms with E-state index >= 15 is 0 Å². The number of hydrogen-bond donors (Lipinski definition) is 1. The van der Waals surface area contributed by atoms with E-state index in [9.17, 15) is 0 Å². The highest BCUT2D eigenvalue weighted by Gasteiger charge is 1.96. The molecule has 4 heteroatoms. The maximum Gasteiger partial charge on any atom is 0.216 e. The first kappa shape index (κ1) is 7.94. The first-order chi connectivity index (χ1) is 5.36. The topological polar surface area (TPSA) is 55.2 Å². The normalized spacial score (nSPS) is 9.64. The molecule has 0 radical (unpaired) electrons. The molecule has 1 rings (SSSR count). The summed E-state index contributed by atoms with van der Waals surface area (Å²) in [6.45, 7) is 0.0974. The predicted octanol–water partition coefficient (Wildman–Crippen LogP) is 0.0200. The second kappa shape index (κ2) is 3.88. The molecule has 0 spiro atoms. The van der Waals surface area contributed by atoms with Crippen LogP contribution in [0.5, 0.6) is 5.88 Å². The standard InChI is InChI=1S/C7H10N2O2/c1-11-7-4-6(2-3-10)8-5-9-7/h4-5,10H,2-3H2,1H3. The Morgan fingerprint density at radius 1 is 1.55 bits per heavy atom. The SMILES string of the molecule is COc1cc(CCO)ncn1. The molecule has 0 bridgehead atoms. The second-order valence-corrected chi connectivity index (χ2v) is 2.03. The summed E-state index contributed by atoms with van der Waals surface area (Å²) < 4.78 is 4.87. The van der Waals surface area contributed by atoms with Crippen molar-refractivity contribution in [1.82, 2.24) is 9.97 Å². The lowest BCUT2D eigenvalue weighted by Gasteiger charge is -1.99. The number of aromatic nitrogens is 2. The molecular weight excluding hydrogens is 144 g/mol. The van der Waals surface area contributed by atoms with Gasteiger partial charge in [0.1, 0.15) is 6.33 Å². The second-order valence-electron chi connectivity index (χ2n) is 2.03. The van der Waals surface area contributed by atoms with Crippen LogP contribution in [0, 0.1) is 0 Å². The first-order valence-electron chi connectivity index (χ1n) is 3.32. The van der Waals surface area contributed by atoms with Gasteiger partial charge in [0.05, 0.1) is 7.11 Å². The molecule has 1 aromatic heterocycles.